The van der Waals surface area contributed by atoms with Gasteiger partial charge in [-0.1, -0.05) is 47.1 Å². The van der Waals surface area contributed by atoms with E-state index >= 15 is 0 Å². The first kappa shape index (κ1) is 16.3. The standard InChI is InChI=1S/C12H6Cl2F4N2S/c13-8-4-9(14)20-11(19-8)21-5-6-2-1-3-7(10(6)15)12(16,17)18/h1-4H,5H2. The number of alkyl halides is 3. The summed E-state index contributed by atoms with van der Waals surface area (Å²) in [7, 11) is 0. The summed E-state index contributed by atoms with van der Waals surface area (Å²) in [6, 6.07) is 4.42. The summed E-state index contributed by atoms with van der Waals surface area (Å²) < 4.78 is 51.6. The van der Waals surface area contributed by atoms with Gasteiger partial charge in [0.2, 0.25) is 0 Å². The van der Waals surface area contributed by atoms with Gasteiger partial charge < -0.3 is 0 Å². The maximum absolute atomic E-state index is 13.8. The zero-order valence-corrected chi connectivity index (χ0v) is 12.4. The third-order valence-electron chi connectivity index (χ3n) is 2.38. The lowest BCUT2D eigenvalue weighted by molar-refractivity contribution is -0.140. The molecule has 0 radical (unpaired) electrons. The second-order valence-corrected chi connectivity index (χ2v) is 5.58. The molecule has 21 heavy (non-hydrogen) atoms. The van der Waals surface area contributed by atoms with Crippen molar-refractivity contribution in [3.05, 3.63) is 51.5 Å². The van der Waals surface area contributed by atoms with Gasteiger partial charge >= 0.3 is 6.18 Å². The molecule has 0 bridgehead atoms. The Kier molecular flexibility index (Phi) is 4.95. The second kappa shape index (κ2) is 6.37. The topological polar surface area (TPSA) is 25.8 Å². The highest BCUT2D eigenvalue weighted by molar-refractivity contribution is 7.98. The molecule has 0 aliphatic heterocycles. The number of thioether (sulfide) groups is 1. The first-order valence-electron chi connectivity index (χ1n) is 5.45. The van der Waals surface area contributed by atoms with Crippen LogP contribution < -0.4 is 0 Å². The van der Waals surface area contributed by atoms with E-state index in [1.54, 1.807) is 0 Å². The van der Waals surface area contributed by atoms with Crippen molar-refractivity contribution >= 4 is 35.0 Å². The molecule has 0 spiro atoms. The molecule has 2 nitrogen and oxygen atoms in total. The Hall–Kier alpha value is -1.05. The predicted octanol–water partition coefficient (Wildman–Crippen LogP) is 5.23. The van der Waals surface area contributed by atoms with Crippen LogP contribution in [-0.4, -0.2) is 9.97 Å². The average molecular weight is 357 g/mol. The van der Waals surface area contributed by atoms with Crippen LogP contribution in [0, 0.1) is 5.82 Å². The van der Waals surface area contributed by atoms with Crippen molar-refractivity contribution in [2.75, 3.05) is 0 Å². The van der Waals surface area contributed by atoms with Crippen molar-refractivity contribution in [2.24, 2.45) is 0 Å². The molecule has 0 unspecified atom stereocenters. The smallest absolute Gasteiger partial charge is 0.211 e. The van der Waals surface area contributed by atoms with E-state index in [1.165, 1.54) is 12.1 Å². The van der Waals surface area contributed by atoms with E-state index in [0.717, 1.165) is 17.8 Å². The minimum Gasteiger partial charge on any atom is -0.211 e. The van der Waals surface area contributed by atoms with Crippen molar-refractivity contribution in [3.63, 3.8) is 0 Å². The minimum absolute atomic E-state index is 0.0770. The van der Waals surface area contributed by atoms with Gasteiger partial charge in [-0.15, -0.1) is 0 Å². The summed E-state index contributed by atoms with van der Waals surface area (Å²) in [5.41, 5.74) is -1.40. The molecule has 2 aromatic rings. The van der Waals surface area contributed by atoms with Crippen LogP contribution in [0.4, 0.5) is 17.6 Å². The van der Waals surface area contributed by atoms with Crippen molar-refractivity contribution in [3.8, 4) is 0 Å². The van der Waals surface area contributed by atoms with E-state index in [2.05, 4.69) is 9.97 Å². The quantitative estimate of drug-likeness (QED) is 0.325. The SMILES string of the molecule is Fc1c(CSc2nc(Cl)cc(Cl)n2)cccc1C(F)(F)F. The number of hydrogen-bond donors (Lipinski definition) is 0. The summed E-state index contributed by atoms with van der Waals surface area (Å²) in [5.74, 6) is -1.38. The van der Waals surface area contributed by atoms with Crippen LogP contribution in [0.5, 0.6) is 0 Å². The molecule has 2 rings (SSSR count). The van der Waals surface area contributed by atoms with Crippen LogP contribution >= 0.6 is 35.0 Å². The molecule has 1 heterocycles. The molecule has 0 aliphatic carbocycles. The maximum atomic E-state index is 13.8. The van der Waals surface area contributed by atoms with Gasteiger partial charge in [0.25, 0.3) is 0 Å². The second-order valence-electron chi connectivity index (χ2n) is 3.86. The monoisotopic (exact) mass is 356 g/mol. The summed E-state index contributed by atoms with van der Waals surface area (Å²) in [4.78, 5) is 7.68. The van der Waals surface area contributed by atoms with E-state index in [9.17, 15) is 17.6 Å². The summed E-state index contributed by atoms with van der Waals surface area (Å²) in [6.07, 6.45) is -4.74. The van der Waals surface area contributed by atoms with Gasteiger partial charge in [-0.3, -0.25) is 0 Å². The Morgan fingerprint density at radius 3 is 2.29 bits per heavy atom. The first-order valence-corrected chi connectivity index (χ1v) is 7.19. The normalized spacial score (nSPS) is 11.7. The fourth-order valence-electron chi connectivity index (χ4n) is 1.49. The molecular formula is C12H6Cl2F4N2S. The summed E-state index contributed by atoms with van der Waals surface area (Å²) in [6.45, 7) is 0. The highest BCUT2D eigenvalue weighted by Gasteiger charge is 2.34. The number of nitrogens with zero attached hydrogens (tertiary/aromatic N) is 2. The molecule has 1 aromatic carbocycles. The molecule has 0 N–H and O–H groups in total. The molecule has 0 amide bonds. The molecule has 0 atom stereocenters. The Balaban J connectivity index is 2.21. The highest BCUT2D eigenvalue weighted by Crippen LogP contribution is 2.34. The van der Waals surface area contributed by atoms with E-state index in [-0.39, 0.29) is 26.8 Å². The van der Waals surface area contributed by atoms with Crippen LogP contribution in [-0.2, 0) is 11.9 Å². The van der Waals surface area contributed by atoms with Crippen LogP contribution in [0.15, 0.2) is 29.4 Å². The number of hydrogen-bond acceptors (Lipinski definition) is 3. The van der Waals surface area contributed by atoms with Crippen molar-refractivity contribution in [2.45, 2.75) is 17.1 Å². The Morgan fingerprint density at radius 2 is 1.71 bits per heavy atom. The van der Waals surface area contributed by atoms with Gasteiger partial charge in [-0.05, 0) is 11.6 Å². The van der Waals surface area contributed by atoms with Gasteiger partial charge in [-0.25, -0.2) is 14.4 Å². The molecule has 0 fully saturated rings. The molecule has 1 aromatic heterocycles. The Morgan fingerprint density at radius 1 is 1.10 bits per heavy atom. The summed E-state index contributed by atoms with van der Waals surface area (Å²) in [5, 5.41) is 0.355. The molecule has 0 saturated carbocycles. The van der Waals surface area contributed by atoms with Crippen molar-refractivity contribution in [1.29, 1.82) is 0 Å². The molecule has 112 valence electrons. The van der Waals surface area contributed by atoms with E-state index < -0.39 is 17.6 Å². The van der Waals surface area contributed by atoms with Gasteiger partial charge in [-0.2, -0.15) is 13.2 Å². The summed E-state index contributed by atoms with van der Waals surface area (Å²) >= 11 is 12.3. The van der Waals surface area contributed by atoms with Gasteiger partial charge in [0.05, 0.1) is 5.56 Å². The third kappa shape index (κ3) is 4.21. The Bertz CT molecular complexity index is 644. The fourth-order valence-corrected chi connectivity index (χ4v) is 2.84. The Labute approximate surface area is 131 Å². The average Bonchev–Trinajstić information content (AvgIpc) is 2.35. The van der Waals surface area contributed by atoms with Crippen molar-refractivity contribution < 1.29 is 17.6 Å². The minimum atomic E-state index is -4.74. The number of benzene rings is 1. The fraction of sp³-hybridized carbons (Fsp3) is 0.167. The van der Waals surface area contributed by atoms with Gasteiger partial charge in [0, 0.05) is 11.8 Å². The molecule has 0 saturated heterocycles. The third-order valence-corrected chi connectivity index (χ3v) is 3.67. The van der Waals surface area contributed by atoms with E-state index in [0.29, 0.717) is 6.07 Å². The zero-order chi connectivity index (χ0) is 15.6. The molecule has 9 heteroatoms. The lowest BCUT2D eigenvalue weighted by Crippen LogP contribution is -2.09. The molecule has 0 aliphatic rings. The number of rotatable bonds is 3. The zero-order valence-electron chi connectivity index (χ0n) is 10.1. The van der Waals surface area contributed by atoms with Gasteiger partial charge in [0.1, 0.15) is 16.1 Å². The van der Waals surface area contributed by atoms with Crippen LogP contribution in [0.1, 0.15) is 11.1 Å². The largest absolute Gasteiger partial charge is 0.419 e. The molecular weight excluding hydrogens is 351 g/mol. The van der Waals surface area contributed by atoms with E-state index in [4.69, 9.17) is 23.2 Å². The van der Waals surface area contributed by atoms with Crippen LogP contribution in [0.25, 0.3) is 0 Å². The highest BCUT2D eigenvalue weighted by atomic mass is 35.5. The van der Waals surface area contributed by atoms with Crippen LogP contribution in [0.2, 0.25) is 10.3 Å². The van der Waals surface area contributed by atoms with Gasteiger partial charge in [0.15, 0.2) is 5.16 Å². The number of aromatic nitrogens is 2. The lowest BCUT2D eigenvalue weighted by Gasteiger charge is -2.10. The predicted molar refractivity (Wildman–Crippen MR) is 73.0 cm³/mol. The van der Waals surface area contributed by atoms with E-state index in [1.807, 2.05) is 0 Å². The van der Waals surface area contributed by atoms with Crippen LogP contribution in [0.3, 0.4) is 0 Å². The maximum Gasteiger partial charge on any atom is 0.419 e. The van der Waals surface area contributed by atoms with Crippen molar-refractivity contribution in [1.82, 2.24) is 9.97 Å². The number of halogens is 6. The first-order chi connectivity index (χ1) is 9.77. The lowest BCUT2D eigenvalue weighted by atomic mass is 10.1.